The van der Waals surface area contributed by atoms with Gasteiger partial charge in [0.2, 0.25) is 0 Å². The van der Waals surface area contributed by atoms with E-state index in [-0.39, 0.29) is 6.10 Å². The molecule has 0 aliphatic carbocycles. The second-order valence-electron chi connectivity index (χ2n) is 4.64. The molecule has 4 heteroatoms. The molecule has 1 aromatic heterocycles. The van der Waals surface area contributed by atoms with Crippen LogP contribution >= 0.6 is 11.3 Å². The van der Waals surface area contributed by atoms with Crippen molar-refractivity contribution in [1.29, 1.82) is 0 Å². The summed E-state index contributed by atoms with van der Waals surface area (Å²) in [7, 11) is 0. The van der Waals surface area contributed by atoms with Crippen molar-refractivity contribution >= 4 is 11.3 Å². The highest BCUT2D eigenvalue weighted by atomic mass is 32.1. The Morgan fingerprint density at radius 2 is 2.06 bits per heavy atom. The Hall–Kier alpha value is -0.740. The molecule has 0 spiro atoms. The fourth-order valence-electron chi connectivity index (χ4n) is 1.97. The first kappa shape index (κ1) is 13.7. The highest BCUT2D eigenvalue weighted by molar-refractivity contribution is 7.08. The lowest BCUT2D eigenvalue weighted by atomic mass is 10.2. The molecule has 0 amide bonds. The zero-order chi connectivity index (χ0) is 12.6. The molecule has 0 saturated carbocycles. The maximum atomic E-state index is 5.78. The fraction of sp³-hybridized carbons (Fsp3) is 0.714. The third-order valence-electron chi connectivity index (χ3n) is 3.01. The van der Waals surface area contributed by atoms with Crippen LogP contribution in [0.4, 0.5) is 0 Å². The van der Waals surface area contributed by atoms with Crippen molar-refractivity contribution in [1.82, 2.24) is 0 Å². The summed E-state index contributed by atoms with van der Waals surface area (Å²) in [6.07, 6.45) is 6.41. The van der Waals surface area contributed by atoms with Gasteiger partial charge >= 0.3 is 0 Å². The van der Waals surface area contributed by atoms with Crippen LogP contribution in [0, 0.1) is 0 Å². The van der Waals surface area contributed by atoms with Crippen LogP contribution in [-0.2, 0) is 4.74 Å². The molecule has 1 aliphatic rings. The van der Waals surface area contributed by atoms with E-state index in [2.05, 4.69) is 6.92 Å². The molecule has 1 aliphatic heterocycles. The number of hydrogen-bond acceptors (Lipinski definition) is 4. The maximum Gasteiger partial charge on any atom is 0.172 e. The van der Waals surface area contributed by atoms with Crippen molar-refractivity contribution < 1.29 is 14.2 Å². The van der Waals surface area contributed by atoms with Crippen molar-refractivity contribution in [3.63, 3.8) is 0 Å². The summed E-state index contributed by atoms with van der Waals surface area (Å²) in [4.78, 5) is 0. The Kier molecular flexibility index (Phi) is 5.81. The summed E-state index contributed by atoms with van der Waals surface area (Å²) in [6.45, 7) is 4.29. The Labute approximate surface area is 113 Å². The molecule has 1 unspecified atom stereocenters. The van der Waals surface area contributed by atoms with E-state index >= 15 is 0 Å². The van der Waals surface area contributed by atoms with Gasteiger partial charge in [0.1, 0.15) is 6.61 Å². The average Bonchev–Trinajstić information content (AvgIpc) is 2.85. The number of fused-ring (bicyclic) bond motifs is 1. The van der Waals surface area contributed by atoms with Crippen LogP contribution in [0.5, 0.6) is 11.5 Å². The van der Waals surface area contributed by atoms with E-state index in [1.807, 2.05) is 10.8 Å². The molecule has 1 atom stereocenters. The van der Waals surface area contributed by atoms with E-state index < -0.39 is 0 Å². The van der Waals surface area contributed by atoms with Crippen LogP contribution in [0.15, 0.2) is 10.8 Å². The molecule has 102 valence electrons. The maximum absolute atomic E-state index is 5.78. The van der Waals surface area contributed by atoms with Crippen LogP contribution in [0.2, 0.25) is 0 Å². The number of rotatable bonds is 8. The first-order chi connectivity index (χ1) is 8.90. The molecule has 0 radical (unpaired) electrons. The number of thiophene rings is 1. The molecule has 0 saturated heterocycles. The van der Waals surface area contributed by atoms with Gasteiger partial charge in [-0.2, -0.15) is 0 Å². The van der Waals surface area contributed by atoms with Crippen molar-refractivity contribution in [2.75, 3.05) is 19.8 Å². The summed E-state index contributed by atoms with van der Waals surface area (Å²) in [5.41, 5.74) is 0. The topological polar surface area (TPSA) is 27.7 Å². The molecule has 0 bridgehead atoms. The van der Waals surface area contributed by atoms with E-state index in [4.69, 9.17) is 14.2 Å². The molecule has 0 N–H and O–H groups in total. The molecular formula is C14H22O3S. The lowest BCUT2D eigenvalue weighted by Crippen LogP contribution is -2.33. The van der Waals surface area contributed by atoms with Gasteiger partial charge in [0.05, 0.1) is 6.61 Å². The van der Waals surface area contributed by atoms with E-state index in [0.29, 0.717) is 13.2 Å². The zero-order valence-corrected chi connectivity index (χ0v) is 11.8. The summed E-state index contributed by atoms with van der Waals surface area (Å²) in [6, 6.07) is 0. The third-order valence-corrected chi connectivity index (χ3v) is 3.71. The Balaban J connectivity index is 1.53. The predicted octanol–water partition coefficient (Wildman–Crippen LogP) is 3.87. The van der Waals surface area contributed by atoms with Crippen LogP contribution in [-0.4, -0.2) is 25.9 Å². The minimum atomic E-state index is 0.0442. The zero-order valence-electron chi connectivity index (χ0n) is 11.0. The molecule has 2 rings (SSSR count). The van der Waals surface area contributed by atoms with Crippen LogP contribution in [0.25, 0.3) is 0 Å². The van der Waals surface area contributed by atoms with Crippen LogP contribution < -0.4 is 9.47 Å². The predicted molar refractivity (Wildman–Crippen MR) is 73.8 cm³/mol. The van der Waals surface area contributed by atoms with Gasteiger partial charge in [0, 0.05) is 17.4 Å². The van der Waals surface area contributed by atoms with E-state index in [1.165, 1.54) is 25.7 Å². The van der Waals surface area contributed by atoms with E-state index in [0.717, 1.165) is 24.5 Å². The molecule has 0 fully saturated rings. The third kappa shape index (κ3) is 4.18. The van der Waals surface area contributed by atoms with E-state index in [9.17, 15) is 0 Å². The van der Waals surface area contributed by atoms with Gasteiger partial charge in [-0.3, -0.25) is 0 Å². The monoisotopic (exact) mass is 270 g/mol. The summed E-state index contributed by atoms with van der Waals surface area (Å²) >= 11 is 1.61. The Morgan fingerprint density at radius 3 is 2.94 bits per heavy atom. The largest absolute Gasteiger partial charge is 0.485 e. The quantitative estimate of drug-likeness (QED) is 0.671. The van der Waals surface area contributed by atoms with Crippen molar-refractivity contribution in [2.24, 2.45) is 0 Å². The molecular weight excluding hydrogens is 248 g/mol. The first-order valence-corrected chi connectivity index (χ1v) is 7.78. The SMILES string of the molecule is CCCCCCCOCC1COc2cscc2O1. The average molecular weight is 270 g/mol. The summed E-state index contributed by atoms with van der Waals surface area (Å²) in [5.74, 6) is 1.73. The first-order valence-electron chi connectivity index (χ1n) is 6.83. The highest BCUT2D eigenvalue weighted by Gasteiger charge is 2.21. The number of ether oxygens (including phenoxy) is 3. The minimum absolute atomic E-state index is 0.0442. The Morgan fingerprint density at radius 1 is 1.22 bits per heavy atom. The lowest BCUT2D eigenvalue weighted by molar-refractivity contribution is 0.00843. The molecule has 2 heterocycles. The molecule has 3 nitrogen and oxygen atoms in total. The van der Waals surface area contributed by atoms with Gasteiger partial charge in [-0.05, 0) is 6.42 Å². The minimum Gasteiger partial charge on any atom is -0.485 e. The van der Waals surface area contributed by atoms with Gasteiger partial charge in [-0.15, -0.1) is 11.3 Å². The lowest BCUT2D eigenvalue weighted by Gasteiger charge is -2.24. The van der Waals surface area contributed by atoms with E-state index in [1.54, 1.807) is 11.3 Å². The number of unbranched alkanes of at least 4 members (excludes halogenated alkanes) is 4. The van der Waals surface area contributed by atoms with Gasteiger partial charge in [-0.1, -0.05) is 32.6 Å². The van der Waals surface area contributed by atoms with Gasteiger partial charge < -0.3 is 14.2 Å². The highest BCUT2D eigenvalue weighted by Crippen LogP contribution is 2.35. The normalized spacial score (nSPS) is 17.9. The van der Waals surface area contributed by atoms with Gasteiger partial charge in [0.25, 0.3) is 0 Å². The standard InChI is InChI=1S/C14H22O3S/c1-2-3-4-5-6-7-15-8-12-9-16-13-10-18-11-14(13)17-12/h10-12H,2-9H2,1H3. The Bertz CT molecular complexity index is 338. The van der Waals surface area contributed by atoms with Crippen LogP contribution in [0.3, 0.4) is 0 Å². The molecule has 18 heavy (non-hydrogen) atoms. The van der Waals surface area contributed by atoms with Gasteiger partial charge in [0.15, 0.2) is 17.6 Å². The van der Waals surface area contributed by atoms with Gasteiger partial charge in [-0.25, -0.2) is 0 Å². The fourth-order valence-corrected chi connectivity index (χ4v) is 2.64. The van der Waals surface area contributed by atoms with Crippen molar-refractivity contribution in [2.45, 2.75) is 45.1 Å². The number of hydrogen-bond donors (Lipinski definition) is 0. The summed E-state index contributed by atoms with van der Waals surface area (Å²) in [5, 5.41) is 3.95. The second-order valence-corrected chi connectivity index (χ2v) is 5.38. The summed E-state index contributed by atoms with van der Waals surface area (Å²) < 4.78 is 17.0. The molecule has 1 aromatic rings. The second kappa shape index (κ2) is 7.64. The van der Waals surface area contributed by atoms with Crippen molar-refractivity contribution in [3.8, 4) is 11.5 Å². The van der Waals surface area contributed by atoms with Crippen LogP contribution in [0.1, 0.15) is 39.0 Å². The smallest absolute Gasteiger partial charge is 0.172 e. The van der Waals surface area contributed by atoms with Crippen molar-refractivity contribution in [3.05, 3.63) is 10.8 Å². The molecule has 0 aromatic carbocycles.